The molecule has 1 aromatic heterocycles. The minimum absolute atomic E-state index is 0.299. The molecule has 0 radical (unpaired) electrons. The minimum Gasteiger partial charge on any atom is -0.444 e. The van der Waals surface area contributed by atoms with E-state index in [-0.39, 0.29) is 0 Å². The van der Waals surface area contributed by atoms with E-state index >= 15 is 0 Å². The van der Waals surface area contributed by atoms with Crippen LogP contribution in [0.1, 0.15) is 66.8 Å². The molecular weight excluding hydrogens is 443 g/mol. The Morgan fingerprint density at radius 1 is 1.15 bits per heavy atom. The van der Waals surface area contributed by atoms with Gasteiger partial charge in [0, 0.05) is 18.2 Å². The monoisotopic (exact) mass is 475 g/mol. The number of halogens is 2. The summed E-state index contributed by atoms with van der Waals surface area (Å²) in [5.74, 6) is -2.72. The first-order valence-corrected chi connectivity index (χ1v) is 11.5. The summed E-state index contributed by atoms with van der Waals surface area (Å²) >= 11 is 0. The number of likely N-dealkylation sites (tertiary alicyclic amines) is 1. The Hall–Kier alpha value is -2.46. The van der Waals surface area contributed by atoms with Crippen LogP contribution in [0.4, 0.5) is 13.6 Å². The molecule has 0 saturated carbocycles. The summed E-state index contributed by atoms with van der Waals surface area (Å²) in [6.45, 7) is 12.4. The lowest BCUT2D eigenvalue weighted by molar-refractivity contribution is -0.00248. The molecule has 3 heterocycles. The number of nitrogens with zero attached hydrogens (tertiary/aromatic N) is 2. The number of aromatic nitrogens is 2. The Morgan fingerprint density at radius 3 is 2.29 bits per heavy atom. The molecule has 2 aliphatic heterocycles. The van der Waals surface area contributed by atoms with Crippen LogP contribution in [0.15, 0.2) is 30.5 Å². The molecule has 2 aromatic rings. The van der Waals surface area contributed by atoms with Crippen LogP contribution in [0.25, 0.3) is 11.3 Å². The molecule has 0 unspecified atom stereocenters. The fraction of sp³-hybridized carbons (Fsp3) is 0.583. The Labute approximate surface area is 199 Å². The van der Waals surface area contributed by atoms with E-state index in [9.17, 15) is 13.6 Å². The van der Waals surface area contributed by atoms with Crippen molar-refractivity contribution in [3.8, 4) is 11.3 Å². The first-order valence-electron chi connectivity index (χ1n) is 11.5. The number of amides is 1. The summed E-state index contributed by atoms with van der Waals surface area (Å²) in [7, 11) is -0.475. The molecule has 0 aliphatic carbocycles. The molecule has 2 fully saturated rings. The fourth-order valence-electron chi connectivity index (χ4n) is 4.02. The first kappa shape index (κ1) is 24.7. The van der Waals surface area contributed by atoms with E-state index in [4.69, 9.17) is 14.0 Å². The Kier molecular flexibility index (Phi) is 5.84. The molecule has 2 saturated heterocycles. The van der Waals surface area contributed by atoms with Crippen molar-refractivity contribution in [2.75, 3.05) is 6.54 Å². The number of ether oxygens (including phenoxy) is 1. The van der Waals surface area contributed by atoms with E-state index in [1.807, 2.05) is 52.0 Å². The van der Waals surface area contributed by atoms with E-state index in [1.165, 1.54) is 0 Å². The molecule has 2 aliphatic rings. The molecule has 4 rings (SSSR count). The number of alkyl halides is 2. The first-order chi connectivity index (χ1) is 15.6. The van der Waals surface area contributed by atoms with Gasteiger partial charge in [0.2, 0.25) is 0 Å². The average Bonchev–Trinajstić information content (AvgIpc) is 3.35. The SMILES string of the molecule is CC(C)(C)OC(=O)N1CC(F)(F)C[C@H]1c1nc(-c2ccc(B3OC(C)(C)C(C)(C)O3)cc2)c[nH]1. The van der Waals surface area contributed by atoms with Crippen LogP contribution in [0.2, 0.25) is 0 Å². The lowest BCUT2D eigenvalue weighted by Gasteiger charge is -2.32. The summed E-state index contributed by atoms with van der Waals surface area (Å²) < 4.78 is 46.0. The maximum atomic E-state index is 14.2. The van der Waals surface area contributed by atoms with Crippen LogP contribution in [-0.4, -0.2) is 57.3 Å². The summed E-state index contributed by atoms with van der Waals surface area (Å²) in [5.41, 5.74) is 0.621. The Morgan fingerprint density at radius 2 is 1.74 bits per heavy atom. The van der Waals surface area contributed by atoms with Crippen molar-refractivity contribution in [1.29, 1.82) is 0 Å². The third-order valence-electron chi connectivity index (χ3n) is 6.54. The van der Waals surface area contributed by atoms with Crippen molar-refractivity contribution < 1.29 is 27.6 Å². The quantitative estimate of drug-likeness (QED) is 0.652. The highest BCUT2D eigenvalue weighted by Gasteiger charge is 2.52. The van der Waals surface area contributed by atoms with Gasteiger partial charge in [0.25, 0.3) is 5.92 Å². The van der Waals surface area contributed by atoms with Crippen LogP contribution in [-0.2, 0) is 14.0 Å². The number of H-pyrrole nitrogens is 1. The zero-order valence-electron chi connectivity index (χ0n) is 20.7. The van der Waals surface area contributed by atoms with E-state index in [2.05, 4.69) is 9.97 Å². The van der Waals surface area contributed by atoms with Crippen molar-refractivity contribution in [1.82, 2.24) is 14.9 Å². The molecule has 34 heavy (non-hydrogen) atoms. The summed E-state index contributed by atoms with van der Waals surface area (Å²) in [4.78, 5) is 21.1. The summed E-state index contributed by atoms with van der Waals surface area (Å²) in [6.07, 6.45) is 0.363. The lowest BCUT2D eigenvalue weighted by atomic mass is 9.79. The number of nitrogens with one attached hydrogen (secondary N) is 1. The Balaban J connectivity index is 1.52. The van der Waals surface area contributed by atoms with Crippen LogP contribution in [0.3, 0.4) is 0 Å². The van der Waals surface area contributed by atoms with E-state index in [1.54, 1.807) is 27.0 Å². The van der Waals surface area contributed by atoms with Crippen LogP contribution < -0.4 is 5.46 Å². The highest BCUT2D eigenvalue weighted by atomic mass is 19.3. The highest BCUT2D eigenvalue weighted by Crippen LogP contribution is 2.41. The molecule has 7 nitrogen and oxygen atoms in total. The number of carbonyl (C=O) groups is 1. The van der Waals surface area contributed by atoms with Gasteiger partial charge in [-0.05, 0) is 53.9 Å². The van der Waals surface area contributed by atoms with Gasteiger partial charge in [-0.2, -0.15) is 0 Å². The highest BCUT2D eigenvalue weighted by molar-refractivity contribution is 6.62. The third-order valence-corrected chi connectivity index (χ3v) is 6.54. The van der Waals surface area contributed by atoms with Crippen molar-refractivity contribution in [3.63, 3.8) is 0 Å². The topological polar surface area (TPSA) is 76.7 Å². The molecule has 1 aromatic carbocycles. The number of hydrogen-bond acceptors (Lipinski definition) is 5. The maximum Gasteiger partial charge on any atom is 0.494 e. The third kappa shape index (κ3) is 4.84. The van der Waals surface area contributed by atoms with Crippen molar-refractivity contribution in [3.05, 3.63) is 36.3 Å². The molecule has 1 amide bonds. The predicted octanol–water partition coefficient (Wildman–Crippen LogP) is 4.69. The van der Waals surface area contributed by atoms with Gasteiger partial charge in [0.05, 0.1) is 29.5 Å². The largest absolute Gasteiger partial charge is 0.494 e. The standard InChI is InChI=1S/C24H32BF2N3O4/c1-21(2,3)32-20(31)30-14-24(26,27)12-18(30)19-28-13-17(29-19)15-8-10-16(11-9-15)25-33-22(4,5)23(6,7)34-25/h8-11,13,18H,12,14H2,1-7H3,(H,28,29)/t18-/m0/s1. The molecule has 0 bridgehead atoms. The number of hydrogen-bond donors (Lipinski definition) is 1. The Bertz CT molecular complexity index is 1050. The van der Waals surface area contributed by atoms with Crippen molar-refractivity contribution in [2.24, 2.45) is 0 Å². The van der Waals surface area contributed by atoms with Gasteiger partial charge in [0.1, 0.15) is 11.4 Å². The molecule has 10 heteroatoms. The van der Waals surface area contributed by atoms with E-state index in [0.29, 0.717) is 11.5 Å². The second-order valence-corrected chi connectivity index (χ2v) is 11.1. The van der Waals surface area contributed by atoms with Gasteiger partial charge in [-0.3, -0.25) is 4.90 Å². The number of rotatable bonds is 3. The van der Waals surface area contributed by atoms with Gasteiger partial charge in [-0.1, -0.05) is 24.3 Å². The summed E-state index contributed by atoms with van der Waals surface area (Å²) in [5, 5.41) is 0. The van der Waals surface area contributed by atoms with Gasteiger partial charge in [0.15, 0.2) is 0 Å². The van der Waals surface area contributed by atoms with Crippen molar-refractivity contribution in [2.45, 2.75) is 83.7 Å². The number of benzene rings is 1. The van der Waals surface area contributed by atoms with Crippen LogP contribution >= 0.6 is 0 Å². The molecule has 0 spiro atoms. The van der Waals surface area contributed by atoms with E-state index < -0.39 is 54.9 Å². The van der Waals surface area contributed by atoms with Crippen molar-refractivity contribution >= 4 is 18.7 Å². The summed E-state index contributed by atoms with van der Waals surface area (Å²) in [6, 6.07) is 6.68. The van der Waals surface area contributed by atoms with Gasteiger partial charge in [-0.25, -0.2) is 18.6 Å². The minimum atomic E-state index is -3.01. The maximum absolute atomic E-state index is 14.2. The normalized spacial score (nSPS) is 23.4. The molecule has 1 N–H and O–H groups in total. The predicted molar refractivity (Wildman–Crippen MR) is 125 cm³/mol. The number of imidazole rings is 1. The van der Waals surface area contributed by atoms with Gasteiger partial charge >= 0.3 is 13.2 Å². The second kappa shape index (κ2) is 8.05. The number of aromatic amines is 1. The zero-order valence-corrected chi connectivity index (χ0v) is 20.7. The smallest absolute Gasteiger partial charge is 0.444 e. The average molecular weight is 475 g/mol. The number of carbonyl (C=O) groups excluding carboxylic acids is 1. The lowest BCUT2D eigenvalue weighted by Crippen LogP contribution is -2.41. The van der Waals surface area contributed by atoms with Crippen LogP contribution in [0.5, 0.6) is 0 Å². The molecule has 1 atom stereocenters. The second-order valence-electron chi connectivity index (χ2n) is 11.1. The van der Waals surface area contributed by atoms with Gasteiger partial charge < -0.3 is 19.0 Å². The van der Waals surface area contributed by atoms with Crippen LogP contribution in [0, 0.1) is 0 Å². The van der Waals surface area contributed by atoms with E-state index in [0.717, 1.165) is 15.9 Å². The van der Waals surface area contributed by atoms with Gasteiger partial charge in [-0.15, -0.1) is 0 Å². The molecular formula is C24H32BF2N3O4. The fourth-order valence-corrected chi connectivity index (χ4v) is 4.02. The zero-order chi connectivity index (χ0) is 25.1. The molecule has 184 valence electrons.